The molecular formula is C11H11ClN2S2. The number of thiol groups is 1. The number of rotatable bonds is 2. The van der Waals surface area contributed by atoms with Crippen LogP contribution in [0.2, 0.25) is 5.15 Å². The normalized spacial score (nSPS) is 11.8. The molecule has 0 saturated heterocycles. The van der Waals surface area contributed by atoms with Crippen molar-refractivity contribution < 1.29 is 0 Å². The second-order valence-corrected chi connectivity index (χ2v) is 6.41. The number of halogens is 1. The average Bonchev–Trinajstić information content (AvgIpc) is 2.61. The molecule has 0 radical (unpaired) electrons. The van der Waals surface area contributed by atoms with Crippen LogP contribution in [0.1, 0.15) is 18.7 Å². The summed E-state index contributed by atoms with van der Waals surface area (Å²) < 4.78 is -0.269. The molecule has 0 amide bonds. The number of nitrogens with zero attached hydrogens (tertiary/aromatic N) is 2. The van der Waals surface area contributed by atoms with E-state index < -0.39 is 0 Å². The van der Waals surface area contributed by atoms with Crippen LogP contribution in [-0.4, -0.2) is 9.97 Å². The topological polar surface area (TPSA) is 25.8 Å². The van der Waals surface area contributed by atoms with Gasteiger partial charge in [-0.05, 0) is 26.0 Å². The Morgan fingerprint density at radius 2 is 2.19 bits per heavy atom. The van der Waals surface area contributed by atoms with Gasteiger partial charge in [0.15, 0.2) is 0 Å². The van der Waals surface area contributed by atoms with Gasteiger partial charge in [-0.3, -0.25) is 4.98 Å². The molecule has 0 aromatic carbocycles. The van der Waals surface area contributed by atoms with E-state index in [2.05, 4.69) is 22.6 Å². The van der Waals surface area contributed by atoms with Gasteiger partial charge in [0.2, 0.25) is 0 Å². The molecule has 0 bridgehead atoms. The monoisotopic (exact) mass is 270 g/mol. The van der Waals surface area contributed by atoms with Gasteiger partial charge in [0, 0.05) is 22.7 Å². The van der Waals surface area contributed by atoms with Crippen molar-refractivity contribution in [2.45, 2.75) is 18.6 Å². The predicted molar refractivity (Wildman–Crippen MR) is 72.4 cm³/mol. The fourth-order valence-corrected chi connectivity index (χ4v) is 3.04. The number of hydrogen-bond acceptors (Lipinski definition) is 4. The fraction of sp³-hybridized carbons (Fsp3) is 0.273. The van der Waals surface area contributed by atoms with Crippen LogP contribution in [-0.2, 0) is 4.75 Å². The Labute approximate surface area is 109 Å². The van der Waals surface area contributed by atoms with Crippen molar-refractivity contribution in [2.75, 3.05) is 0 Å². The van der Waals surface area contributed by atoms with Gasteiger partial charge in [0.25, 0.3) is 0 Å². The minimum Gasteiger partial charge on any atom is -0.264 e. The summed E-state index contributed by atoms with van der Waals surface area (Å²) >= 11 is 12.2. The molecule has 2 aromatic rings. The largest absolute Gasteiger partial charge is 0.264 e. The zero-order chi connectivity index (χ0) is 11.8. The molecule has 0 unspecified atom stereocenters. The molecule has 0 N–H and O–H groups in total. The summed E-state index contributed by atoms with van der Waals surface area (Å²) in [6, 6.07) is 3.85. The first kappa shape index (κ1) is 11.9. The summed E-state index contributed by atoms with van der Waals surface area (Å²) in [4.78, 5) is 9.39. The molecule has 0 aliphatic rings. The molecule has 5 heteroatoms. The van der Waals surface area contributed by atoms with Crippen molar-refractivity contribution in [3.8, 4) is 10.6 Å². The molecule has 0 atom stereocenters. The molecule has 0 aliphatic heterocycles. The third-order valence-corrected chi connectivity index (χ3v) is 4.24. The molecule has 0 spiro atoms. The van der Waals surface area contributed by atoms with Crippen molar-refractivity contribution in [3.63, 3.8) is 0 Å². The molecule has 2 nitrogen and oxygen atoms in total. The molecule has 0 saturated carbocycles. The maximum absolute atomic E-state index is 6.11. The van der Waals surface area contributed by atoms with Crippen molar-refractivity contribution in [2.24, 2.45) is 0 Å². The van der Waals surface area contributed by atoms with Gasteiger partial charge >= 0.3 is 0 Å². The summed E-state index contributed by atoms with van der Waals surface area (Å²) in [6.07, 6.45) is 3.52. The van der Waals surface area contributed by atoms with E-state index in [1.165, 1.54) is 0 Å². The molecule has 2 heterocycles. The lowest BCUT2D eigenvalue weighted by Gasteiger charge is -2.14. The van der Waals surface area contributed by atoms with Gasteiger partial charge in [0.1, 0.15) is 10.2 Å². The zero-order valence-electron chi connectivity index (χ0n) is 8.94. The third kappa shape index (κ3) is 2.39. The van der Waals surface area contributed by atoms with Crippen molar-refractivity contribution in [3.05, 3.63) is 34.6 Å². The Morgan fingerprint density at radius 3 is 2.69 bits per heavy atom. The highest BCUT2D eigenvalue weighted by molar-refractivity contribution is 7.81. The summed E-state index contributed by atoms with van der Waals surface area (Å²) in [6.45, 7) is 4.01. The zero-order valence-corrected chi connectivity index (χ0v) is 11.4. The van der Waals surface area contributed by atoms with Gasteiger partial charge in [-0.15, -0.1) is 11.3 Å². The van der Waals surface area contributed by atoms with Crippen LogP contribution in [0, 0.1) is 0 Å². The standard InChI is InChI=1S/C11H11ClN2S2/c1-11(2,15)8-9(12)14-10(16-8)7-4-3-5-13-6-7/h3-6,15H,1-2H3. The minimum atomic E-state index is -0.269. The molecule has 0 aliphatic carbocycles. The van der Waals surface area contributed by atoms with Crippen LogP contribution in [0.15, 0.2) is 24.5 Å². The molecular weight excluding hydrogens is 260 g/mol. The van der Waals surface area contributed by atoms with Gasteiger partial charge in [0.05, 0.1) is 4.88 Å². The van der Waals surface area contributed by atoms with E-state index >= 15 is 0 Å². The van der Waals surface area contributed by atoms with Gasteiger partial charge in [-0.2, -0.15) is 12.6 Å². The highest BCUT2D eigenvalue weighted by Crippen LogP contribution is 2.40. The number of aromatic nitrogens is 2. The van der Waals surface area contributed by atoms with Gasteiger partial charge in [-0.25, -0.2) is 4.98 Å². The maximum atomic E-state index is 6.11. The minimum absolute atomic E-state index is 0.269. The highest BCUT2D eigenvalue weighted by Gasteiger charge is 2.23. The number of pyridine rings is 1. The Bertz CT molecular complexity index is 488. The average molecular weight is 271 g/mol. The Hall–Kier alpha value is -0.580. The lowest BCUT2D eigenvalue weighted by atomic mass is 10.2. The molecule has 16 heavy (non-hydrogen) atoms. The predicted octanol–water partition coefficient (Wildman–Crippen LogP) is 4.02. The third-order valence-electron chi connectivity index (χ3n) is 2.05. The smallest absolute Gasteiger partial charge is 0.145 e. The number of thiazole rings is 1. The molecule has 2 rings (SSSR count). The summed E-state index contributed by atoms with van der Waals surface area (Å²) in [5.74, 6) is 0. The van der Waals surface area contributed by atoms with Crippen LogP contribution >= 0.6 is 35.6 Å². The SMILES string of the molecule is CC(C)(S)c1sc(-c2cccnc2)nc1Cl. The van der Waals surface area contributed by atoms with E-state index in [9.17, 15) is 0 Å². The fourth-order valence-electron chi connectivity index (χ4n) is 1.29. The van der Waals surface area contributed by atoms with E-state index in [1.54, 1.807) is 23.7 Å². The van der Waals surface area contributed by atoms with Crippen LogP contribution in [0.3, 0.4) is 0 Å². The Balaban J connectivity index is 2.47. The van der Waals surface area contributed by atoms with Crippen LogP contribution in [0.5, 0.6) is 0 Å². The van der Waals surface area contributed by atoms with Gasteiger partial charge < -0.3 is 0 Å². The summed E-state index contributed by atoms with van der Waals surface area (Å²) in [5, 5.41) is 1.42. The van der Waals surface area contributed by atoms with E-state index in [0.29, 0.717) is 5.15 Å². The first-order chi connectivity index (χ1) is 7.48. The molecule has 2 aromatic heterocycles. The Kier molecular flexibility index (Phi) is 3.24. The lowest BCUT2D eigenvalue weighted by Crippen LogP contribution is -2.05. The first-order valence-corrected chi connectivity index (χ1v) is 6.42. The van der Waals surface area contributed by atoms with E-state index in [1.807, 2.05) is 26.0 Å². The molecule has 84 valence electrons. The van der Waals surface area contributed by atoms with E-state index in [-0.39, 0.29) is 4.75 Å². The summed E-state index contributed by atoms with van der Waals surface area (Å²) in [7, 11) is 0. The van der Waals surface area contributed by atoms with Crippen molar-refractivity contribution in [1.82, 2.24) is 9.97 Å². The lowest BCUT2D eigenvalue weighted by molar-refractivity contribution is 0.809. The van der Waals surface area contributed by atoms with Gasteiger partial charge in [-0.1, -0.05) is 11.6 Å². The highest BCUT2D eigenvalue weighted by atomic mass is 35.5. The first-order valence-electron chi connectivity index (χ1n) is 4.78. The van der Waals surface area contributed by atoms with E-state index in [4.69, 9.17) is 11.6 Å². The van der Waals surface area contributed by atoms with Crippen LogP contribution < -0.4 is 0 Å². The van der Waals surface area contributed by atoms with Crippen molar-refractivity contribution >= 4 is 35.6 Å². The van der Waals surface area contributed by atoms with Crippen molar-refractivity contribution in [1.29, 1.82) is 0 Å². The second kappa shape index (κ2) is 4.35. The van der Waals surface area contributed by atoms with Crippen LogP contribution in [0.4, 0.5) is 0 Å². The number of hydrogen-bond donors (Lipinski definition) is 1. The maximum Gasteiger partial charge on any atom is 0.145 e. The van der Waals surface area contributed by atoms with E-state index in [0.717, 1.165) is 15.4 Å². The Morgan fingerprint density at radius 1 is 1.44 bits per heavy atom. The van der Waals surface area contributed by atoms with Crippen LogP contribution in [0.25, 0.3) is 10.6 Å². The quantitative estimate of drug-likeness (QED) is 0.834. The summed E-state index contributed by atoms with van der Waals surface area (Å²) in [5.41, 5.74) is 0.984. The second-order valence-electron chi connectivity index (χ2n) is 3.94. The molecule has 0 fully saturated rings.